The van der Waals surface area contributed by atoms with Crippen LogP contribution in [0.15, 0.2) is 42.0 Å². The van der Waals surface area contributed by atoms with Crippen molar-refractivity contribution in [1.82, 2.24) is 19.8 Å². The number of allylic oxidation sites excluding steroid dienone is 2. The Kier molecular flexibility index (Phi) is 2.33. The molecule has 5 nitrogen and oxygen atoms in total. The number of fused-ring (bicyclic) bond motifs is 1. The molecular weight excluding hydrogens is 226 g/mol. The number of nitrogens with zero attached hydrogens (tertiary/aromatic N) is 4. The van der Waals surface area contributed by atoms with Crippen LogP contribution in [0.5, 0.6) is 0 Å². The lowest BCUT2D eigenvalue weighted by molar-refractivity contribution is 0.467. The fraction of sp³-hybridized carbons (Fsp3) is 0.231. The molecule has 0 spiro atoms. The van der Waals surface area contributed by atoms with Crippen LogP contribution >= 0.6 is 0 Å². The third kappa shape index (κ3) is 1.55. The number of rotatable bonds is 1. The molecule has 18 heavy (non-hydrogen) atoms. The van der Waals surface area contributed by atoms with E-state index in [0.29, 0.717) is 5.95 Å². The van der Waals surface area contributed by atoms with Gasteiger partial charge < -0.3 is 15.5 Å². The largest absolute Gasteiger partial charge is 0.368 e. The standard InChI is InChI=1S/C13H15N5/c1-17-7-3-4-11-12(17)9(8-18(11)2)10-5-6-15-13(14)16-10/h3-7H,8H2,1-2H3,(H2,14,15,16). The highest BCUT2D eigenvalue weighted by atomic mass is 15.2. The SMILES string of the molecule is CN1C=CC=C2C1=C(c1ccnc(N)n1)CN2C. The van der Waals surface area contributed by atoms with Crippen molar-refractivity contribution in [2.75, 3.05) is 26.4 Å². The Morgan fingerprint density at radius 1 is 1.33 bits per heavy atom. The lowest BCUT2D eigenvalue weighted by atomic mass is 10.1. The van der Waals surface area contributed by atoms with Gasteiger partial charge in [-0.1, -0.05) is 0 Å². The van der Waals surface area contributed by atoms with E-state index in [0.717, 1.165) is 12.2 Å². The van der Waals surface area contributed by atoms with Gasteiger partial charge in [0, 0.05) is 38.6 Å². The summed E-state index contributed by atoms with van der Waals surface area (Å²) in [6.07, 6.45) is 7.91. The molecule has 5 heteroatoms. The van der Waals surface area contributed by atoms with Crippen molar-refractivity contribution in [3.8, 4) is 0 Å². The minimum absolute atomic E-state index is 0.315. The number of hydrogen-bond donors (Lipinski definition) is 1. The first kappa shape index (κ1) is 10.8. The second kappa shape index (κ2) is 3.87. The summed E-state index contributed by atoms with van der Waals surface area (Å²) in [7, 11) is 4.12. The Balaban J connectivity index is 2.14. The Morgan fingerprint density at radius 2 is 2.17 bits per heavy atom. The van der Waals surface area contributed by atoms with E-state index < -0.39 is 0 Å². The number of nitrogen functional groups attached to an aromatic ring is 1. The number of aromatic nitrogens is 2. The van der Waals surface area contributed by atoms with Crippen molar-refractivity contribution in [2.24, 2.45) is 0 Å². The molecule has 0 bridgehead atoms. The molecule has 0 unspecified atom stereocenters. The van der Waals surface area contributed by atoms with Gasteiger partial charge in [0.2, 0.25) is 5.95 Å². The van der Waals surface area contributed by atoms with Gasteiger partial charge >= 0.3 is 0 Å². The normalized spacial score (nSPS) is 18.2. The van der Waals surface area contributed by atoms with Gasteiger partial charge in [0.15, 0.2) is 0 Å². The van der Waals surface area contributed by atoms with Crippen LogP contribution in [-0.4, -0.2) is 40.4 Å². The van der Waals surface area contributed by atoms with E-state index in [1.54, 1.807) is 6.20 Å². The van der Waals surface area contributed by atoms with Crippen LogP contribution in [-0.2, 0) is 0 Å². The second-order valence-corrected chi connectivity index (χ2v) is 4.49. The zero-order valence-corrected chi connectivity index (χ0v) is 10.5. The lowest BCUT2D eigenvalue weighted by Crippen LogP contribution is -2.19. The zero-order valence-electron chi connectivity index (χ0n) is 10.5. The van der Waals surface area contributed by atoms with Crippen LogP contribution in [0, 0.1) is 0 Å². The molecule has 1 aromatic rings. The molecule has 0 saturated carbocycles. The van der Waals surface area contributed by atoms with Crippen molar-refractivity contribution in [3.63, 3.8) is 0 Å². The average Bonchev–Trinajstić information content (AvgIpc) is 2.69. The molecule has 0 aromatic carbocycles. The molecule has 2 aliphatic heterocycles. The Morgan fingerprint density at radius 3 is 2.94 bits per heavy atom. The summed E-state index contributed by atoms with van der Waals surface area (Å²) in [4.78, 5) is 12.6. The van der Waals surface area contributed by atoms with E-state index in [4.69, 9.17) is 5.73 Å². The molecule has 1 aromatic heterocycles. The topological polar surface area (TPSA) is 58.3 Å². The zero-order chi connectivity index (χ0) is 12.7. The molecule has 0 fully saturated rings. The van der Waals surface area contributed by atoms with Crippen LogP contribution in [0.4, 0.5) is 5.95 Å². The molecule has 92 valence electrons. The van der Waals surface area contributed by atoms with Crippen LogP contribution in [0.1, 0.15) is 5.69 Å². The van der Waals surface area contributed by atoms with Gasteiger partial charge in [0.05, 0.1) is 17.1 Å². The van der Waals surface area contributed by atoms with E-state index >= 15 is 0 Å². The smallest absolute Gasteiger partial charge is 0.220 e. The van der Waals surface area contributed by atoms with Gasteiger partial charge in [-0.25, -0.2) is 9.97 Å². The summed E-state index contributed by atoms with van der Waals surface area (Å²) < 4.78 is 0. The van der Waals surface area contributed by atoms with Crippen LogP contribution in [0.2, 0.25) is 0 Å². The van der Waals surface area contributed by atoms with Crippen LogP contribution in [0.3, 0.4) is 0 Å². The van der Waals surface area contributed by atoms with Crippen molar-refractivity contribution in [1.29, 1.82) is 0 Å². The molecule has 0 amide bonds. The van der Waals surface area contributed by atoms with E-state index in [2.05, 4.69) is 32.9 Å². The maximum Gasteiger partial charge on any atom is 0.220 e. The third-order valence-corrected chi connectivity index (χ3v) is 3.23. The van der Waals surface area contributed by atoms with E-state index in [-0.39, 0.29) is 0 Å². The summed E-state index contributed by atoms with van der Waals surface area (Å²) in [5.74, 6) is 0.315. The fourth-order valence-corrected chi connectivity index (χ4v) is 2.41. The minimum atomic E-state index is 0.315. The van der Waals surface area contributed by atoms with Crippen molar-refractivity contribution >= 4 is 11.5 Å². The van der Waals surface area contributed by atoms with Gasteiger partial charge in [-0.3, -0.25) is 0 Å². The van der Waals surface area contributed by atoms with Crippen LogP contribution in [0.25, 0.3) is 5.57 Å². The monoisotopic (exact) mass is 241 g/mol. The molecule has 2 aliphatic rings. The molecule has 2 N–H and O–H groups in total. The first-order valence-corrected chi connectivity index (χ1v) is 5.81. The molecule has 0 saturated heterocycles. The maximum absolute atomic E-state index is 5.66. The Labute approximate surface area is 106 Å². The molecule has 3 rings (SSSR count). The van der Waals surface area contributed by atoms with Gasteiger partial charge in [-0.05, 0) is 18.2 Å². The summed E-state index contributed by atoms with van der Waals surface area (Å²) in [5.41, 5.74) is 10.2. The highest BCUT2D eigenvalue weighted by molar-refractivity contribution is 5.75. The number of nitrogens with two attached hydrogens (primary N) is 1. The minimum Gasteiger partial charge on any atom is -0.368 e. The summed E-state index contributed by atoms with van der Waals surface area (Å²) >= 11 is 0. The molecule has 0 radical (unpaired) electrons. The fourth-order valence-electron chi connectivity index (χ4n) is 2.41. The highest BCUT2D eigenvalue weighted by Crippen LogP contribution is 2.35. The van der Waals surface area contributed by atoms with Gasteiger partial charge in [-0.15, -0.1) is 0 Å². The molecular formula is C13H15N5. The number of hydrogen-bond acceptors (Lipinski definition) is 5. The highest BCUT2D eigenvalue weighted by Gasteiger charge is 2.28. The Bertz CT molecular complexity index is 585. The van der Waals surface area contributed by atoms with Crippen LogP contribution < -0.4 is 5.73 Å². The van der Waals surface area contributed by atoms with Gasteiger partial charge in [0.25, 0.3) is 0 Å². The van der Waals surface area contributed by atoms with E-state index in [1.807, 2.05) is 25.4 Å². The predicted molar refractivity (Wildman–Crippen MR) is 71.0 cm³/mol. The van der Waals surface area contributed by atoms with Crippen molar-refractivity contribution in [3.05, 3.63) is 47.7 Å². The predicted octanol–water partition coefficient (Wildman–Crippen LogP) is 1.06. The molecule has 0 atom stereocenters. The second-order valence-electron chi connectivity index (χ2n) is 4.49. The molecule has 3 heterocycles. The first-order valence-electron chi connectivity index (χ1n) is 5.81. The maximum atomic E-state index is 5.66. The van der Waals surface area contributed by atoms with Gasteiger partial charge in [-0.2, -0.15) is 0 Å². The average molecular weight is 241 g/mol. The van der Waals surface area contributed by atoms with Crippen molar-refractivity contribution in [2.45, 2.75) is 0 Å². The summed E-state index contributed by atoms with van der Waals surface area (Å²) in [5, 5.41) is 0. The third-order valence-electron chi connectivity index (χ3n) is 3.23. The van der Waals surface area contributed by atoms with Crippen molar-refractivity contribution < 1.29 is 0 Å². The summed E-state index contributed by atoms with van der Waals surface area (Å²) in [6, 6.07) is 1.90. The first-order chi connectivity index (χ1) is 8.66. The van der Waals surface area contributed by atoms with Gasteiger partial charge in [0.1, 0.15) is 0 Å². The van der Waals surface area contributed by atoms with E-state index in [9.17, 15) is 0 Å². The Hall–Kier alpha value is -2.30. The quantitative estimate of drug-likeness (QED) is 0.796. The summed E-state index contributed by atoms with van der Waals surface area (Å²) in [6.45, 7) is 0.837. The molecule has 0 aliphatic carbocycles. The lowest BCUT2D eigenvalue weighted by Gasteiger charge is -2.24. The number of likely N-dealkylation sites (N-methyl/N-ethyl adjacent to an activating group) is 2. The number of anilines is 1. The van der Waals surface area contributed by atoms with E-state index in [1.165, 1.54) is 17.0 Å².